The number of carbonyl (C=O) groups is 2. The Hall–Kier alpha value is -2.44. The lowest BCUT2D eigenvalue weighted by atomic mass is 10.1. The highest BCUT2D eigenvalue weighted by Crippen LogP contribution is 2.19. The summed E-state index contributed by atoms with van der Waals surface area (Å²) >= 11 is 0. The minimum absolute atomic E-state index is 0.109. The van der Waals surface area contributed by atoms with Crippen molar-refractivity contribution in [1.29, 1.82) is 0 Å². The maximum atomic E-state index is 11.8. The highest BCUT2D eigenvalue weighted by Gasteiger charge is 2.28. The number of hydrogen-bond acceptors (Lipinski definition) is 6. The molecule has 1 aromatic rings. The Morgan fingerprint density at radius 1 is 1.20 bits per heavy atom. The van der Waals surface area contributed by atoms with E-state index in [2.05, 4.69) is 0 Å². The summed E-state index contributed by atoms with van der Waals surface area (Å²) in [5, 5.41) is 10.5. The second-order valence-corrected chi connectivity index (χ2v) is 3.88. The number of nitro benzene ring substituents is 1. The van der Waals surface area contributed by atoms with Gasteiger partial charge in [0, 0.05) is 12.1 Å². The predicted octanol–water partition coefficient (Wildman–Crippen LogP) is 2.09. The van der Waals surface area contributed by atoms with Crippen molar-refractivity contribution < 1.29 is 24.0 Å². The summed E-state index contributed by atoms with van der Waals surface area (Å²) in [5.41, 5.74) is -0.109. The van der Waals surface area contributed by atoms with Gasteiger partial charge in [0.05, 0.1) is 11.5 Å². The van der Waals surface area contributed by atoms with Gasteiger partial charge in [-0.3, -0.25) is 19.7 Å². The molecule has 0 aliphatic carbocycles. The molecule has 0 heterocycles. The predicted molar refractivity (Wildman–Crippen MR) is 69.1 cm³/mol. The van der Waals surface area contributed by atoms with Gasteiger partial charge in [-0.15, -0.1) is 0 Å². The zero-order chi connectivity index (χ0) is 15.1. The first kappa shape index (κ1) is 15.6. The van der Waals surface area contributed by atoms with Gasteiger partial charge in [-0.1, -0.05) is 6.92 Å². The molecule has 0 spiro atoms. The second-order valence-electron chi connectivity index (χ2n) is 3.88. The fourth-order valence-corrected chi connectivity index (χ4v) is 1.50. The van der Waals surface area contributed by atoms with E-state index in [4.69, 9.17) is 9.47 Å². The van der Waals surface area contributed by atoms with Crippen LogP contribution in [-0.2, 0) is 14.3 Å². The smallest absolute Gasteiger partial charge is 0.325 e. The molecular weight excluding hydrogens is 266 g/mol. The van der Waals surface area contributed by atoms with Crippen molar-refractivity contribution in [1.82, 2.24) is 0 Å². The lowest BCUT2D eigenvalue weighted by molar-refractivity contribution is -0.384. The molecule has 0 aromatic heterocycles. The van der Waals surface area contributed by atoms with E-state index in [1.807, 2.05) is 0 Å². The topological polar surface area (TPSA) is 95.7 Å². The highest BCUT2D eigenvalue weighted by atomic mass is 16.6. The van der Waals surface area contributed by atoms with Crippen LogP contribution in [0.1, 0.15) is 20.3 Å². The van der Waals surface area contributed by atoms with E-state index in [1.54, 1.807) is 13.8 Å². The summed E-state index contributed by atoms with van der Waals surface area (Å²) in [7, 11) is 0. The molecule has 1 rings (SSSR count). The highest BCUT2D eigenvalue weighted by molar-refractivity contribution is 5.95. The van der Waals surface area contributed by atoms with Gasteiger partial charge in [-0.05, 0) is 25.5 Å². The van der Waals surface area contributed by atoms with Gasteiger partial charge < -0.3 is 9.47 Å². The normalized spacial score (nSPS) is 11.5. The number of hydrogen-bond donors (Lipinski definition) is 0. The molecule has 108 valence electrons. The number of nitro groups is 1. The second kappa shape index (κ2) is 7.22. The van der Waals surface area contributed by atoms with E-state index in [1.165, 1.54) is 24.3 Å². The Morgan fingerprint density at radius 3 is 2.25 bits per heavy atom. The quantitative estimate of drug-likeness (QED) is 0.260. The van der Waals surface area contributed by atoms with Gasteiger partial charge in [0.15, 0.2) is 5.92 Å². The van der Waals surface area contributed by atoms with Gasteiger partial charge >= 0.3 is 11.9 Å². The third-order valence-corrected chi connectivity index (χ3v) is 2.53. The summed E-state index contributed by atoms with van der Waals surface area (Å²) in [5.74, 6) is -2.23. The van der Waals surface area contributed by atoms with E-state index < -0.39 is 22.8 Å². The van der Waals surface area contributed by atoms with E-state index in [0.29, 0.717) is 0 Å². The van der Waals surface area contributed by atoms with Crippen LogP contribution in [-0.4, -0.2) is 23.5 Å². The first-order valence-corrected chi connectivity index (χ1v) is 6.12. The van der Waals surface area contributed by atoms with Crippen molar-refractivity contribution >= 4 is 17.6 Å². The maximum Gasteiger partial charge on any atom is 0.325 e. The van der Waals surface area contributed by atoms with Gasteiger partial charge in [-0.2, -0.15) is 0 Å². The van der Waals surface area contributed by atoms with Crippen molar-refractivity contribution in [2.45, 2.75) is 20.3 Å². The van der Waals surface area contributed by atoms with Gasteiger partial charge in [-0.25, -0.2) is 0 Å². The number of carbonyl (C=O) groups excluding carboxylic acids is 2. The summed E-state index contributed by atoms with van der Waals surface area (Å²) in [6.07, 6.45) is 0.255. The molecule has 0 bridgehead atoms. The zero-order valence-electron chi connectivity index (χ0n) is 11.2. The van der Waals surface area contributed by atoms with Crippen LogP contribution in [0.25, 0.3) is 0 Å². The van der Waals surface area contributed by atoms with E-state index in [-0.39, 0.29) is 24.5 Å². The molecule has 1 aromatic carbocycles. The fraction of sp³-hybridized carbons (Fsp3) is 0.385. The SMILES string of the molecule is CCOC(=O)C(CC)C(=O)Oc1ccc([N+](=O)[O-])cc1. The van der Waals surface area contributed by atoms with Crippen LogP contribution in [0, 0.1) is 16.0 Å². The minimum Gasteiger partial charge on any atom is -0.465 e. The maximum absolute atomic E-state index is 11.8. The monoisotopic (exact) mass is 281 g/mol. The van der Waals surface area contributed by atoms with Gasteiger partial charge in [0.1, 0.15) is 5.75 Å². The molecule has 0 aliphatic rings. The number of nitrogens with zero attached hydrogens (tertiary/aromatic N) is 1. The van der Waals surface area contributed by atoms with Crippen LogP contribution in [0.2, 0.25) is 0 Å². The standard InChI is InChI=1S/C13H15NO6/c1-3-11(12(15)19-4-2)13(16)20-10-7-5-9(6-8-10)14(17)18/h5-8,11H,3-4H2,1-2H3. The minimum atomic E-state index is -0.995. The summed E-state index contributed by atoms with van der Waals surface area (Å²) < 4.78 is 9.78. The fourth-order valence-electron chi connectivity index (χ4n) is 1.50. The summed E-state index contributed by atoms with van der Waals surface area (Å²) in [6.45, 7) is 3.49. The first-order chi connectivity index (χ1) is 9.49. The third kappa shape index (κ3) is 4.04. The summed E-state index contributed by atoms with van der Waals surface area (Å²) in [4.78, 5) is 33.3. The van der Waals surface area contributed by atoms with E-state index in [0.717, 1.165) is 0 Å². The molecule has 1 unspecified atom stereocenters. The van der Waals surface area contributed by atoms with Crippen molar-refractivity contribution in [3.05, 3.63) is 34.4 Å². The number of non-ortho nitro benzene ring substituents is 1. The Morgan fingerprint density at radius 2 is 1.80 bits per heavy atom. The van der Waals surface area contributed by atoms with Crippen LogP contribution in [0.15, 0.2) is 24.3 Å². The molecule has 20 heavy (non-hydrogen) atoms. The van der Waals surface area contributed by atoms with Crippen LogP contribution in [0.3, 0.4) is 0 Å². The van der Waals surface area contributed by atoms with Crippen LogP contribution in [0.5, 0.6) is 5.75 Å². The first-order valence-electron chi connectivity index (χ1n) is 6.12. The number of rotatable bonds is 6. The van der Waals surface area contributed by atoms with Crippen LogP contribution < -0.4 is 4.74 Å². The average molecular weight is 281 g/mol. The molecule has 0 amide bonds. The van der Waals surface area contributed by atoms with Crippen molar-refractivity contribution in [2.75, 3.05) is 6.61 Å². The van der Waals surface area contributed by atoms with Gasteiger partial charge in [0.25, 0.3) is 5.69 Å². The molecule has 0 saturated carbocycles. The van der Waals surface area contributed by atoms with E-state index in [9.17, 15) is 19.7 Å². The third-order valence-electron chi connectivity index (χ3n) is 2.53. The summed E-state index contributed by atoms with van der Waals surface area (Å²) in [6, 6.07) is 5.03. The van der Waals surface area contributed by atoms with Crippen molar-refractivity contribution in [3.8, 4) is 5.75 Å². The number of benzene rings is 1. The van der Waals surface area contributed by atoms with Crippen molar-refractivity contribution in [3.63, 3.8) is 0 Å². The molecule has 0 saturated heterocycles. The van der Waals surface area contributed by atoms with Crippen LogP contribution >= 0.6 is 0 Å². The molecule has 0 aliphatic heterocycles. The molecule has 0 N–H and O–H groups in total. The molecule has 7 heteroatoms. The molecular formula is C13H15NO6. The zero-order valence-corrected chi connectivity index (χ0v) is 11.2. The Bertz CT molecular complexity index is 496. The lowest BCUT2D eigenvalue weighted by Crippen LogP contribution is -2.29. The molecule has 0 radical (unpaired) electrons. The van der Waals surface area contributed by atoms with E-state index >= 15 is 0 Å². The Balaban J connectivity index is 2.73. The Kier molecular flexibility index (Phi) is 5.64. The molecule has 0 fully saturated rings. The molecule has 7 nitrogen and oxygen atoms in total. The lowest BCUT2D eigenvalue weighted by Gasteiger charge is -2.12. The number of ether oxygens (including phenoxy) is 2. The van der Waals surface area contributed by atoms with Crippen LogP contribution in [0.4, 0.5) is 5.69 Å². The largest absolute Gasteiger partial charge is 0.465 e. The number of esters is 2. The molecule has 1 atom stereocenters. The average Bonchev–Trinajstić information content (AvgIpc) is 2.40. The Labute approximate surface area is 115 Å². The van der Waals surface area contributed by atoms with Crippen molar-refractivity contribution in [2.24, 2.45) is 5.92 Å². The van der Waals surface area contributed by atoms with Gasteiger partial charge in [0.2, 0.25) is 0 Å².